The Hall–Kier alpha value is -2.31. The fourth-order valence-electron chi connectivity index (χ4n) is 2.77. The number of methoxy groups -OCH3 is 1. The summed E-state index contributed by atoms with van der Waals surface area (Å²) in [6, 6.07) is 13.4. The van der Waals surface area contributed by atoms with Gasteiger partial charge in [0.15, 0.2) is 10.8 Å². The van der Waals surface area contributed by atoms with Crippen LogP contribution in [0.4, 0.5) is 0 Å². The molecule has 0 bridgehead atoms. The summed E-state index contributed by atoms with van der Waals surface area (Å²) in [7, 11) is 1.56. The van der Waals surface area contributed by atoms with Crippen molar-refractivity contribution < 1.29 is 9.53 Å². The zero-order valence-electron chi connectivity index (χ0n) is 16.5. The van der Waals surface area contributed by atoms with Crippen LogP contribution >= 0.6 is 23.4 Å². The molecule has 3 aromatic rings. The van der Waals surface area contributed by atoms with Gasteiger partial charge in [-0.05, 0) is 41.3 Å². The van der Waals surface area contributed by atoms with Crippen molar-refractivity contribution >= 4 is 29.1 Å². The van der Waals surface area contributed by atoms with E-state index >= 15 is 0 Å². The van der Waals surface area contributed by atoms with Crippen LogP contribution in [0.15, 0.2) is 52.4 Å². The van der Waals surface area contributed by atoms with Crippen LogP contribution in [0.3, 0.4) is 0 Å². The monoisotopic (exact) mass is 415 g/mol. The molecule has 0 aliphatic heterocycles. The molecule has 0 aliphatic rings. The van der Waals surface area contributed by atoms with Crippen molar-refractivity contribution in [2.45, 2.75) is 43.0 Å². The maximum absolute atomic E-state index is 12.4. The molecule has 0 saturated heterocycles. The lowest BCUT2D eigenvalue weighted by Crippen LogP contribution is -2.10. The van der Waals surface area contributed by atoms with E-state index in [0.717, 1.165) is 4.90 Å². The number of benzene rings is 2. The summed E-state index contributed by atoms with van der Waals surface area (Å²) in [5.74, 6) is 0.420. The molecule has 2 aromatic carbocycles. The lowest BCUT2D eigenvalue weighted by atomic mass is 9.87. The molecule has 7 heteroatoms. The highest BCUT2D eigenvalue weighted by Crippen LogP contribution is 2.34. The second-order valence-corrected chi connectivity index (χ2v) is 8.90. The van der Waals surface area contributed by atoms with Crippen molar-refractivity contribution in [3.63, 3.8) is 0 Å². The van der Waals surface area contributed by atoms with Crippen LogP contribution in [0.25, 0.3) is 5.69 Å². The van der Waals surface area contributed by atoms with Crippen molar-refractivity contribution in [1.29, 1.82) is 0 Å². The predicted molar refractivity (Wildman–Crippen MR) is 112 cm³/mol. The lowest BCUT2D eigenvalue weighted by Gasteiger charge is -2.18. The highest BCUT2D eigenvalue weighted by Gasteiger charge is 2.22. The normalized spacial score (nSPS) is 11.5. The Morgan fingerprint density at radius 2 is 1.82 bits per heavy atom. The highest BCUT2D eigenvalue weighted by molar-refractivity contribution is 7.99. The summed E-state index contributed by atoms with van der Waals surface area (Å²) in [5, 5.41) is 9.50. The predicted octanol–water partition coefficient (Wildman–Crippen LogP) is 5.58. The third-order valence-corrected chi connectivity index (χ3v) is 5.49. The second kappa shape index (κ2) is 7.97. The molecule has 28 heavy (non-hydrogen) atoms. The van der Waals surface area contributed by atoms with Crippen LogP contribution in [0, 0.1) is 0 Å². The summed E-state index contributed by atoms with van der Waals surface area (Å²) in [4.78, 5) is 13.4. The topological polar surface area (TPSA) is 57.0 Å². The van der Waals surface area contributed by atoms with Gasteiger partial charge >= 0.3 is 0 Å². The van der Waals surface area contributed by atoms with Gasteiger partial charge in [0.2, 0.25) is 0 Å². The smallest absolute Gasteiger partial charge is 0.181 e. The molecule has 0 aliphatic carbocycles. The first-order valence-electron chi connectivity index (χ1n) is 8.79. The first-order valence-corrected chi connectivity index (χ1v) is 9.99. The minimum Gasteiger partial charge on any atom is -0.494 e. The Morgan fingerprint density at radius 3 is 2.39 bits per heavy atom. The Bertz CT molecular complexity index is 1010. The van der Waals surface area contributed by atoms with Crippen LogP contribution in [0.1, 0.15) is 43.7 Å². The van der Waals surface area contributed by atoms with Gasteiger partial charge in [-0.1, -0.05) is 61.5 Å². The van der Waals surface area contributed by atoms with Gasteiger partial charge in [0.1, 0.15) is 17.1 Å². The van der Waals surface area contributed by atoms with E-state index in [9.17, 15) is 4.79 Å². The number of Topliss-reactive ketones (excluding diaryl/α,β-unsaturated/α-hetero) is 1. The average molecular weight is 416 g/mol. The zero-order chi connectivity index (χ0) is 20.5. The van der Waals surface area contributed by atoms with Crippen LogP contribution in [0.5, 0.6) is 5.75 Å². The van der Waals surface area contributed by atoms with E-state index in [1.54, 1.807) is 25.3 Å². The molecule has 0 N–H and O–H groups in total. The first kappa shape index (κ1) is 20.4. The number of aromatic nitrogens is 3. The second-order valence-electron chi connectivity index (χ2n) is 7.40. The number of rotatable bonds is 5. The minimum atomic E-state index is -0.138. The van der Waals surface area contributed by atoms with Crippen molar-refractivity contribution in [1.82, 2.24) is 15.0 Å². The van der Waals surface area contributed by atoms with Gasteiger partial charge in [-0.15, -0.1) is 5.10 Å². The summed E-state index contributed by atoms with van der Waals surface area (Å²) >= 11 is 7.54. The number of carbonyl (C=O) groups is 1. The van der Waals surface area contributed by atoms with Crippen molar-refractivity contribution in [3.8, 4) is 11.4 Å². The number of hydrogen-bond donors (Lipinski definition) is 0. The molecule has 0 atom stereocenters. The van der Waals surface area contributed by atoms with Gasteiger partial charge < -0.3 is 4.74 Å². The molecule has 0 unspecified atom stereocenters. The standard InChI is InChI=1S/C21H22ClN3O2S/c1-13(26)19-20(28-16-9-6-14(7-10-16)21(2,3)4)23-24-25(19)17-12-15(22)8-11-18(17)27-5/h6-12H,1-5H3. The van der Waals surface area contributed by atoms with Gasteiger partial charge in [-0.3, -0.25) is 4.79 Å². The molecule has 0 amide bonds. The third-order valence-electron chi connectivity index (χ3n) is 4.28. The summed E-state index contributed by atoms with van der Waals surface area (Å²) in [5.41, 5.74) is 2.30. The fourth-order valence-corrected chi connectivity index (χ4v) is 3.83. The molecule has 1 aromatic heterocycles. The Morgan fingerprint density at radius 1 is 1.14 bits per heavy atom. The number of ketones is 1. The van der Waals surface area contributed by atoms with E-state index in [4.69, 9.17) is 16.3 Å². The quantitative estimate of drug-likeness (QED) is 0.509. The Kier molecular flexibility index (Phi) is 5.82. The number of hydrogen-bond acceptors (Lipinski definition) is 5. The molecular formula is C21H22ClN3O2S. The average Bonchev–Trinajstić information content (AvgIpc) is 3.05. The number of halogens is 1. The molecule has 146 valence electrons. The van der Waals surface area contributed by atoms with Gasteiger partial charge in [-0.2, -0.15) is 0 Å². The summed E-state index contributed by atoms with van der Waals surface area (Å²) < 4.78 is 6.88. The zero-order valence-corrected chi connectivity index (χ0v) is 18.1. The molecule has 3 rings (SSSR count). The van der Waals surface area contributed by atoms with Crippen molar-refractivity contribution in [3.05, 3.63) is 58.7 Å². The maximum Gasteiger partial charge on any atom is 0.181 e. The fraction of sp³-hybridized carbons (Fsp3) is 0.286. The Labute approximate surface area is 174 Å². The van der Waals surface area contributed by atoms with E-state index in [0.29, 0.717) is 27.2 Å². The number of nitrogens with zero attached hydrogens (tertiary/aromatic N) is 3. The first-order chi connectivity index (χ1) is 13.2. The number of carbonyl (C=O) groups excluding carboxylic acids is 1. The molecular weight excluding hydrogens is 394 g/mol. The Balaban J connectivity index is 2.01. The van der Waals surface area contributed by atoms with Crippen molar-refractivity contribution in [2.75, 3.05) is 7.11 Å². The number of ether oxygens (including phenoxy) is 1. The summed E-state index contributed by atoms with van der Waals surface area (Å²) in [6.07, 6.45) is 0. The molecule has 0 fully saturated rings. The largest absolute Gasteiger partial charge is 0.494 e. The molecule has 0 spiro atoms. The van der Waals surface area contributed by atoms with Crippen LogP contribution in [0.2, 0.25) is 5.02 Å². The van der Waals surface area contributed by atoms with Gasteiger partial charge in [-0.25, -0.2) is 4.68 Å². The van der Waals surface area contributed by atoms with E-state index in [-0.39, 0.29) is 11.2 Å². The summed E-state index contributed by atoms with van der Waals surface area (Å²) in [6.45, 7) is 8.02. The van der Waals surface area contributed by atoms with Crippen LogP contribution in [-0.2, 0) is 5.41 Å². The molecule has 1 heterocycles. The molecule has 5 nitrogen and oxygen atoms in total. The van der Waals surface area contributed by atoms with Crippen LogP contribution in [-0.4, -0.2) is 27.9 Å². The van der Waals surface area contributed by atoms with Crippen molar-refractivity contribution in [2.24, 2.45) is 0 Å². The third kappa shape index (κ3) is 4.23. The molecule has 0 saturated carbocycles. The van der Waals surface area contributed by atoms with E-state index in [2.05, 4.69) is 43.2 Å². The lowest BCUT2D eigenvalue weighted by molar-refractivity contribution is 0.100. The van der Waals surface area contributed by atoms with E-state index < -0.39 is 0 Å². The van der Waals surface area contributed by atoms with E-state index in [1.807, 2.05) is 12.1 Å². The highest BCUT2D eigenvalue weighted by atomic mass is 35.5. The molecule has 0 radical (unpaired) electrons. The van der Waals surface area contributed by atoms with Gasteiger partial charge in [0.05, 0.1) is 7.11 Å². The maximum atomic E-state index is 12.4. The SMILES string of the molecule is COc1ccc(Cl)cc1-n1nnc(Sc2ccc(C(C)(C)C)cc2)c1C(C)=O. The van der Waals surface area contributed by atoms with Gasteiger partial charge in [0, 0.05) is 16.8 Å². The van der Waals surface area contributed by atoms with Gasteiger partial charge in [0.25, 0.3) is 0 Å². The minimum absolute atomic E-state index is 0.0833. The van der Waals surface area contributed by atoms with E-state index in [1.165, 1.54) is 28.9 Å². The van der Waals surface area contributed by atoms with Crippen LogP contribution < -0.4 is 4.74 Å².